The average Bonchev–Trinajstić information content (AvgIpc) is 3.07. The second-order valence-corrected chi connectivity index (χ2v) is 8.10. The van der Waals surface area contributed by atoms with Gasteiger partial charge in [-0.2, -0.15) is 8.75 Å². The second kappa shape index (κ2) is 6.28. The van der Waals surface area contributed by atoms with E-state index in [9.17, 15) is 14.0 Å². The fourth-order valence-electron chi connectivity index (χ4n) is 4.09. The van der Waals surface area contributed by atoms with E-state index in [1.807, 2.05) is 0 Å². The monoisotopic (exact) mass is 395 g/mol. The number of carbonyl (C=O) groups is 2. The molecule has 3 fully saturated rings. The van der Waals surface area contributed by atoms with Crippen molar-refractivity contribution in [2.75, 3.05) is 6.61 Å². The number of nitrogens with one attached hydrogen (secondary N) is 1. The Morgan fingerprint density at radius 2 is 2.12 bits per heavy atom. The van der Waals surface area contributed by atoms with Gasteiger partial charge in [0, 0.05) is 18.0 Å². The summed E-state index contributed by atoms with van der Waals surface area (Å²) < 4.78 is 26.4. The van der Waals surface area contributed by atoms with Crippen LogP contribution in [0.3, 0.4) is 0 Å². The van der Waals surface area contributed by atoms with Crippen molar-refractivity contribution in [1.82, 2.24) is 14.1 Å². The van der Waals surface area contributed by atoms with E-state index in [4.69, 9.17) is 16.3 Å². The van der Waals surface area contributed by atoms with Crippen molar-refractivity contribution in [3.63, 3.8) is 0 Å². The maximum absolute atomic E-state index is 13.4. The second-order valence-electron chi connectivity index (χ2n) is 7.14. The zero-order valence-corrected chi connectivity index (χ0v) is 15.2. The highest BCUT2D eigenvalue weighted by molar-refractivity contribution is 6.99. The van der Waals surface area contributed by atoms with Crippen molar-refractivity contribution in [2.24, 2.45) is 5.41 Å². The van der Waals surface area contributed by atoms with Gasteiger partial charge in [-0.25, -0.2) is 4.39 Å². The summed E-state index contributed by atoms with van der Waals surface area (Å²) in [6.45, 7) is -0.104. The van der Waals surface area contributed by atoms with Crippen LogP contribution in [0, 0.1) is 11.2 Å². The van der Waals surface area contributed by atoms with E-state index in [1.165, 1.54) is 18.3 Å². The van der Waals surface area contributed by atoms with Crippen molar-refractivity contribution in [3.05, 3.63) is 40.9 Å². The molecular formula is C17H15ClFN3O3S. The Labute approximate surface area is 158 Å². The smallest absolute Gasteiger partial charge is 0.273 e. The molecule has 0 atom stereocenters. The Morgan fingerprint density at radius 3 is 2.77 bits per heavy atom. The molecule has 1 amide bonds. The highest BCUT2D eigenvalue weighted by Gasteiger charge is 2.68. The molecule has 9 heteroatoms. The van der Waals surface area contributed by atoms with Crippen LogP contribution >= 0.6 is 23.3 Å². The lowest BCUT2D eigenvalue weighted by molar-refractivity contribution is -0.162. The molecule has 1 aromatic carbocycles. The van der Waals surface area contributed by atoms with Gasteiger partial charge in [0.2, 0.25) is 0 Å². The van der Waals surface area contributed by atoms with Gasteiger partial charge in [0.1, 0.15) is 18.2 Å². The number of carbonyl (C=O) groups excluding carboxylic acids is 2. The molecule has 0 aliphatic heterocycles. The third-order valence-corrected chi connectivity index (χ3v) is 5.76. The van der Waals surface area contributed by atoms with E-state index in [1.54, 1.807) is 0 Å². The van der Waals surface area contributed by atoms with Crippen LogP contribution in [-0.4, -0.2) is 32.6 Å². The molecule has 0 unspecified atom stereocenters. The van der Waals surface area contributed by atoms with E-state index in [0.717, 1.165) is 37.1 Å². The van der Waals surface area contributed by atoms with Gasteiger partial charge in [-0.15, -0.1) is 0 Å². The SMILES string of the molecule is O=C(COc1ccc(Cl)c(F)c1)CC12CC(NC(=O)c3cnsn3)(C1)C2. The van der Waals surface area contributed by atoms with Gasteiger partial charge in [-0.1, -0.05) is 11.6 Å². The van der Waals surface area contributed by atoms with Crippen LogP contribution < -0.4 is 10.1 Å². The van der Waals surface area contributed by atoms with Crippen molar-refractivity contribution < 1.29 is 18.7 Å². The predicted molar refractivity (Wildman–Crippen MR) is 92.9 cm³/mol. The molecule has 0 radical (unpaired) electrons. The molecule has 0 saturated heterocycles. The topological polar surface area (TPSA) is 81.2 Å². The summed E-state index contributed by atoms with van der Waals surface area (Å²) in [6, 6.07) is 4.08. The van der Waals surface area contributed by atoms with Crippen LogP contribution in [0.1, 0.15) is 36.2 Å². The molecule has 1 aromatic heterocycles. The number of hydrogen-bond donors (Lipinski definition) is 1. The number of benzene rings is 1. The van der Waals surface area contributed by atoms with Gasteiger partial charge >= 0.3 is 0 Å². The van der Waals surface area contributed by atoms with Crippen molar-refractivity contribution in [3.8, 4) is 5.75 Å². The quantitative estimate of drug-likeness (QED) is 0.779. The van der Waals surface area contributed by atoms with Gasteiger partial charge in [0.25, 0.3) is 5.91 Å². The van der Waals surface area contributed by atoms with Crippen LogP contribution in [0.4, 0.5) is 4.39 Å². The molecule has 3 saturated carbocycles. The molecule has 1 N–H and O–H groups in total. The Hall–Kier alpha value is -2.06. The molecule has 3 aliphatic rings. The lowest BCUT2D eigenvalue weighted by atomic mass is 9.38. The number of nitrogens with zero attached hydrogens (tertiary/aromatic N) is 2. The Bertz CT molecular complexity index is 854. The lowest BCUT2D eigenvalue weighted by Crippen LogP contribution is -2.75. The van der Waals surface area contributed by atoms with Crippen LogP contribution in [0.25, 0.3) is 0 Å². The number of ketones is 1. The van der Waals surface area contributed by atoms with Crippen LogP contribution in [0.5, 0.6) is 5.75 Å². The van der Waals surface area contributed by atoms with Gasteiger partial charge < -0.3 is 10.1 Å². The van der Waals surface area contributed by atoms with Crippen molar-refractivity contribution in [1.29, 1.82) is 0 Å². The number of amides is 1. The van der Waals surface area contributed by atoms with Gasteiger partial charge in [-0.05, 0) is 36.8 Å². The molecule has 5 rings (SSSR count). The van der Waals surface area contributed by atoms with E-state index < -0.39 is 5.82 Å². The van der Waals surface area contributed by atoms with Crippen LogP contribution in [-0.2, 0) is 4.79 Å². The van der Waals surface area contributed by atoms with Crippen LogP contribution in [0.15, 0.2) is 24.4 Å². The van der Waals surface area contributed by atoms with Gasteiger partial charge in [-0.3, -0.25) is 9.59 Å². The van der Waals surface area contributed by atoms with E-state index in [-0.39, 0.29) is 40.0 Å². The third-order valence-electron chi connectivity index (χ3n) is 4.98. The first-order chi connectivity index (χ1) is 12.4. The Morgan fingerprint density at radius 1 is 1.35 bits per heavy atom. The number of rotatable bonds is 7. The van der Waals surface area contributed by atoms with Crippen molar-refractivity contribution >= 4 is 35.0 Å². The largest absolute Gasteiger partial charge is 0.486 e. The van der Waals surface area contributed by atoms with Gasteiger partial charge in [0.05, 0.1) is 22.9 Å². The highest BCUT2D eigenvalue weighted by Crippen LogP contribution is 2.69. The summed E-state index contributed by atoms with van der Waals surface area (Å²) in [7, 11) is 0. The molecule has 26 heavy (non-hydrogen) atoms. The fraction of sp³-hybridized carbons (Fsp3) is 0.412. The molecular weight excluding hydrogens is 381 g/mol. The molecule has 0 spiro atoms. The first kappa shape index (κ1) is 17.4. The zero-order valence-electron chi connectivity index (χ0n) is 13.6. The van der Waals surface area contributed by atoms with Crippen LogP contribution in [0.2, 0.25) is 5.02 Å². The molecule has 3 aliphatic carbocycles. The number of hydrogen-bond acceptors (Lipinski definition) is 6. The normalized spacial score (nSPS) is 25.8. The van der Waals surface area contributed by atoms with E-state index in [2.05, 4.69) is 14.1 Å². The fourth-order valence-corrected chi connectivity index (χ4v) is 4.62. The average molecular weight is 396 g/mol. The zero-order chi connectivity index (χ0) is 18.4. The first-order valence-electron chi connectivity index (χ1n) is 8.08. The summed E-state index contributed by atoms with van der Waals surface area (Å²) in [5.74, 6) is -0.558. The number of aromatic nitrogens is 2. The minimum absolute atomic E-state index is 0.0123. The minimum Gasteiger partial charge on any atom is -0.486 e. The number of halogens is 2. The summed E-state index contributed by atoms with van der Waals surface area (Å²) in [5.41, 5.74) is 0.0777. The summed E-state index contributed by atoms with van der Waals surface area (Å²) in [4.78, 5) is 24.2. The molecule has 6 nitrogen and oxygen atoms in total. The van der Waals surface area contributed by atoms with E-state index >= 15 is 0 Å². The van der Waals surface area contributed by atoms with Gasteiger partial charge in [0.15, 0.2) is 11.5 Å². The molecule has 2 aromatic rings. The third kappa shape index (κ3) is 3.19. The standard InChI is InChI=1S/C17H15ClFN3O3S/c18-12-2-1-11(3-13(12)19)25-6-10(23)4-16-7-17(8-16,9-16)21-15(24)14-5-20-26-22-14/h1-3,5H,4,6-9H2,(H,21,24). The maximum atomic E-state index is 13.4. The molecule has 2 bridgehead atoms. The van der Waals surface area contributed by atoms with E-state index in [0.29, 0.717) is 12.1 Å². The first-order valence-corrected chi connectivity index (χ1v) is 9.19. The lowest BCUT2D eigenvalue weighted by Gasteiger charge is -2.70. The van der Waals surface area contributed by atoms with Crippen molar-refractivity contribution in [2.45, 2.75) is 31.2 Å². The Kier molecular flexibility index (Phi) is 4.19. The predicted octanol–water partition coefficient (Wildman–Crippen LogP) is 3.02. The summed E-state index contributed by atoms with van der Waals surface area (Å²) >= 11 is 6.60. The number of ether oxygens (including phenoxy) is 1. The minimum atomic E-state index is -0.580. The molecule has 136 valence electrons. The highest BCUT2D eigenvalue weighted by atomic mass is 35.5. The Balaban J connectivity index is 1.23. The number of Topliss-reactive ketones (excluding diaryl/α,β-unsaturated/α-hetero) is 1. The summed E-state index contributed by atoms with van der Waals surface area (Å²) in [5, 5.41) is 3.01. The molecule has 1 heterocycles. The maximum Gasteiger partial charge on any atom is 0.273 e. The summed E-state index contributed by atoms with van der Waals surface area (Å²) in [6.07, 6.45) is 4.19.